The van der Waals surface area contributed by atoms with Crippen LogP contribution in [-0.4, -0.2) is 19.7 Å². The summed E-state index contributed by atoms with van der Waals surface area (Å²) in [4.78, 5) is 4.14. The number of imidazole rings is 1. The van der Waals surface area contributed by atoms with Gasteiger partial charge < -0.3 is 4.57 Å². The summed E-state index contributed by atoms with van der Waals surface area (Å²) in [6.07, 6.45) is 5.08. The van der Waals surface area contributed by atoms with Crippen molar-refractivity contribution in [3.63, 3.8) is 0 Å². The van der Waals surface area contributed by atoms with Crippen LogP contribution in [0.25, 0.3) is 11.1 Å². The topological polar surface area (TPSA) is 43.6 Å². The van der Waals surface area contributed by atoms with Crippen molar-refractivity contribution in [1.82, 2.24) is 19.7 Å². The van der Waals surface area contributed by atoms with Crippen LogP contribution in [-0.2, 0) is 6.54 Å². The highest BCUT2D eigenvalue weighted by atomic mass is 35.5. The van der Waals surface area contributed by atoms with E-state index in [1.807, 2.05) is 17.7 Å². The van der Waals surface area contributed by atoms with Crippen molar-refractivity contribution in [1.29, 1.82) is 0 Å². The largest absolute Gasteiger partial charge is 0.329 e. The fourth-order valence-corrected chi connectivity index (χ4v) is 2.07. The number of benzene rings is 1. The minimum Gasteiger partial charge on any atom is -0.329 e. The van der Waals surface area contributed by atoms with Gasteiger partial charge in [0.25, 0.3) is 0 Å². The van der Waals surface area contributed by atoms with E-state index in [0.29, 0.717) is 17.7 Å². The quantitative estimate of drug-likeness (QED) is 0.742. The predicted molar refractivity (Wildman–Crippen MR) is 80.7 cm³/mol. The zero-order valence-corrected chi connectivity index (χ0v) is 12.5. The summed E-state index contributed by atoms with van der Waals surface area (Å²) in [6, 6.07) is 5.57. The van der Waals surface area contributed by atoms with Crippen LogP contribution < -0.4 is 0 Å². The van der Waals surface area contributed by atoms with Crippen LogP contribution in [0.1, 0.15) is 11.5 Å². The van der Waals surface area contributed by atoms with Gasteiger partial charge in [0, 0.05) is 18.0 Å². The van der Waals surface area contributed by atoms with Crippen LogP contribution in [0.15, 0.2) is 42.9 Å². The molecule has 0 radical (unpaired) electrons. The van der Waals surface area contributed by atoms with Crippen molar-refractivity contribution in [2.45, 2.75) is 13.5 Å². The van der Waals surface area contributed by atoms with Crippen LogP contribution in [0.2, 0.25) is 0 Å². The molecule has 0 aliphatic rings. The number of aryl methyl sites for hydroxylation is 1. The molecule has 114 valence electrons. The Labute approximate surface area is 132 Å². The number of hydrogen-bond donors (Lipinski definition) is 0. The molecule has 2 aromatic heterocycles. The van der Waals surface area contributed by atoms with E-state index in [9.17, 15) is 8.78 Å². The smallest absolute Gasteiger partial charge is 0.159 e. The zero-order valence-electron chi connectivity index (χ0n) is 11.7. The lowest BCUT2D eigenvalue weighted by Crippen LogP contribution is -2.04. The minimum atomic E-state index is -0.878. The maximum atomic E-state index is 13.3. The Morgan fingerprint density at radius 2 is 1.91 bits per heavy atom. The van der Waals surface area contributed by atoms with Crippen molar-refractivity contribution < 1.29 is 8.78 Å². The van der Waals surface area contributed by atoms with Crippen molar-refractivity contribution in [2.75, 3.05) is 0 Å². The van der Waals surface area contributed by atoms with Gasteiger partial charge in [0.05, 0.1) is 18.4 Å². The molecule has 7 heteroatoms. The molecule has 0 atom stereocenters. The van der Waals surface area contributed by atoms with Crippen molar-refractivity contribution >= 4 is 12.4 Å². The van der Waals surface area contributed by atoms with Crippen LogP contribution in [0.5, 0.6) is 0 Å². The Hall–Kier alpha value is -2.34. The molecule has 0 aliphatic carbocycles. The summed E-state index contributed by atoms with van der Waals surface area (Å²) in [7, 11) is 0. The van der Waals surface area contributed by atoms with Gasteiger partial charge in [-0.15, -0.1) is 12.4 Å². The fraction of sp³-hybridized carbons (Fsp3) is 0.133. The first kappa shape index (κ1) is 16.0. The average Bonchev–Trinajstić information content (AvgIpc) is 2.88. The van der Waals surface area contributed by atoms with Gasteiger partial charge in [-0.3, -0.25) is 0 Å². The van der Waals surface area contributed by atoms with E-state index < -0.39 is 11.6 Å². The van der Waals surface area contributed by atoms with Gasteiger partial charge in [0.1, 0.15) is 5.82 Å². The molecule has 0 spiro atoms. The normalized spacial score (nSPS) is 10.3. The standard InChI is InChI=1S/C15H12F2N4.ClH/c1-10-18-4-5-21(10)9-13-6-12(8-19-20-13)11-2-3-14(16)15(17)7-11;/h2-8H,9H2,1H3;1H. The third kappa shape index (κ3) is 3.28. The zero-order chi connectivity index (χ0) is 14.8. The Bertz CT molecular complexity index is 789. The van der Waals surface area contributed by atoms with E-state index in [2.05, 4.69) is 15.2 Å². The molecule has 1 aromatic carbocycles. The maximum Gasteiger partial charge on any atom is 0.159 e. The van der Waals surface area contributed by atoms with Gasteiger partial charge in [-0.1, -0.05) is 6.07 Å². The summed E-state index contributed by atoms with van der Waals surface area (Å²) in [5.74, 6) is -0.874. The minimum absolute atomic E-state index is 0. The average molecular weight is 323 g/mol. The number of halogens is 3. The SMILES string of the molecule is Cc1nccn1Cc1cc(-c2ccc(F)c(F)c2)cnn1.Cl. The van der Waals surface area contributed by atoms with E-state index in [1.165, 1.54) is 12.3 Å². The van der Waals surface area contributed by atoms with E-state index in [-0.39, 0.29) is 12.4 Å². The first-order valence-electron chi connectivity index (χ1n) is 6.38. The van der Waals surface area contributed by atoms with E-state index >= 15 is 0 Å². The third-order valence-corrected chi connectivity index (χ3v) is 3.21. The van der Waals surface area contributed by atoms with E-state index in [1.54, 1.807) is 12.3 Å². The molecule has 0 saturated carbocycles. The lowest BCUT2D eigenvalue weighted by molar-refractivity contribution is 0.509. The molecular weight excluding hydrogens is 310 g/mol. The second kappa shape index (κ2) is 6.62. The summed E-state index contributed by atoms with van der Waals surface area (Å²) in [5, 5.41) is 7.98. The van der Waals surface area contributed by atoms with Crippen molar-refractivity contribution in [2.24, 2.45) is 0 Å². The molecule has 0 N–H and O–H groups in total. The molecule has 0 bridgehead atoms. The van der Waals surface area contributed by atoms with Crippen LogP contribution in [0, 0.1) is 18.6 Å². The van der Waals surface area contributed by atoms with E-state index in [4.69, 9.17) is 0 Å². The molecule has 2 heterocycles. The molecule has 3 aromatic rings. The number of aromatic nitrogens is 4. The first-order chi connectivity index (χ1) is 10.1. The molecule has 3 rings (SSSR count). The fourth-order valence-electron chi connectivity index (χ4n) is 2.07. The molecule has 0 fully saturated rings. The van der Waals surface area contributed by atoms with Crippen LogP contribution >= 0.6 is 12.4 Å². The van der Waals surface area contributed by atoms with Gasteiger partial charge in [0.2, 0.25) is 0 Å². The van der Waals surface area contributed by atoms with Crippen LogP contribution in [0.3, 0.4) is 0 Å². The van der Waals surface area contributed by atoms with Gasteiger partial charge in [-0.2, -0.15) is 10.2 Å². The van der Waals surface area contributed by atoms with Crippen molar-refractivity contribution in [3.8, 4) is 11.1 Å². The van der Waals surface area contributed by atoms with Gasteiger partial charge in [-0.25, -0.2) is 13.8 Å². The van der Waals surface area contributed by atoms with Crippen molar-refractivity contribution in [3.05, 3.63) is 66.0 Å². The lowest BCUT2D eigenvalue weighted by Gasteiger charge is -2.06. The summed E-state index contributed by atoms with van der Waals surface area (Å²) in [5.41, 5.74) is 1.97. The number of rotatable bonds is 3. The second-order valence-corrected chi connectivity index (χ2v) is 4.67. The summed E-state index contributed by atoms with van der Waals surface area (Å²) < 4.78 is 28.2. The van der Waals surface area contributed by atoms with E-state index in [0.717, 1.165) is 23.7 Å². The Morgan fingerprint density at radius 3 is 2.59 bits per heavy atom. The number of hydrogen-bond acceptors (Lipinski definition) is 3. The third-order valence-electron chi connectivity index (χ3n) is 3.21. The highest BCUT2D eigenvalue weighted by Crippen LogP contribution is 2.21. The second-order valence-electron chi connectivity index (χ2n) is 4.67. The predicted octanol–water partition coefficient (Wildman–Crippen LogP) is 3.40. The Balaban J connectivity index is 0.00000176. The molecule has 0 amide bonds. The molecular formula is C15H13ClF2N4. The molecule has 4 nitrogen and oxygen atoms in total. The Kier molecular flexibility index (Phi) is 4.82. The summed E-state index contributed by atoms with van der Waals surface area (Å²) >= 11 is 0. The molecule has 0 saturated heterocycles. The maximum absolute atomic E-state index is 13.3. The highest BCUT2D eigenvalue weighted by Gasteiger charge is 2.07. The molecule has 0 unspecified atom stereocenters. The lowest BCUT2D eigenvalue weighted by atomic mass is 10.1. The van der Waals surface area contributed by atoms with Crippen LogP contribution in [0.4, 0.5) is 8.78 Å². The summed E-state index contributed by atoms with van der Waals surface area (Å²) in [6.45, 7) is 2.42. The highest BCUT2D eigenvalue weighted by molar-refractivity contribution is 5.85. The number of nitrogens with zero attached hydrogens (tertiary/aromatic N) is 4. The van der Waals surface area contributed by atoms with Gasteiger partial charge in [-0.05, 0) is 30.7 Å². The first-order valence-corrected chi connectivity index (χ1v) is 6.38. The Morgan fingerprint density at radius 1 is 1.09 bits per heavy atom. The van der Waals surface area contributed by atoms with Gasteiger partial charge in [0.15, 0.2) is 11.6 Å². The monoisotopic (exact) mass is 322 g/mol. The molecule has 22 heavy (non-hydrogen) atoms. The molecule has 0 aliphatic heterocycles. The van der Waals surface area contributed by atoms with Gasteiger partial charge >= 0.3 is 0 Å².